The molecular weight excluding hydrogens is 253 g/mol. The first kappa shape index (κ1) is 8.26. The van der Waals surface area contributed by atoms with Gasteiger partial charge in [-0.2, -0.15) is 0 Å². The van der Waals surface area contributed by atoms with Gasteiger partial charge in [0.25, 0.3) is 0 Å². The first-order chi connectivity index (χ1) is 5.21. The van der Waals surface area contributed by atoms with Crippen molar-refractivity contribution in [2.45, 2.75) is 35.3 Å². The Kier molecular flexibility index (Phi) is 2.14. The van der Waals surface area contributed by atoms with Crippen molar-refractivity contribution in [2.24, 2.45) is 0 Å². The summed E-state index contributed by atoms with van der Waals surface area (Å²) in [6.07, 6.45) is 5.34. The highest BCUT2D eigenvalue weighted by atomic mass is 127. The minimum atomic E-state index is -0.0396. The van der Waals surface area contributed by atoms with E-state index >= 15 is 0 Å². The minimum absolute atomic E-state index is 0.0396. The highest BCUT2D eigenvalue weighted by Gasteiger charge is 2.42. The first-order valence-electron chi connectivity index (χ1n) is 4.33. The summed E-state index contributed by atoms with van der Waals surface area (Å²) in [5.74, 6) is 0. The van der Waals surface area contributed by atoms with Crippen molar-refractivity contribution >= 4 is 22.6 Å². The van der Waals surface area contributed by atoms with Crippen LogP contribution in [-0.4, -0.2) is 32.7 Å². The van der Waals surface area contributed by atoms with E-state index in [1.165, 1.54) is 25.7 Å². The number of hydrogen-bond donors (Lipinski definition) is 1. The lowest BCUT2D eigenvalue weighted by Gasteiger charge is -2.46. The van der Waals surface area contributed by atoms with Gasteiger partial charge in [-0.1, -0.05) is 35.4 Å². The molecule has 0 aromatic heterocycles. The van der Waals surface area contributed by atoms with Crippen LogP contribution in [0.4, 0.5) is 0 Å². The van der Waals surface area contributed by atoms with Crippen LogP contribution in [0, 0.1) is 0 Å². The molecule has 64 valence electrons. The quantitative estimate of drug-likeness (QED) is 0.440. The lowest BCUT2D eigenvalue weighted by molar-refractivity contribution is -0.0283. The molecule has 11 heavy (non-hydrogen) atoms. The number of nitrogens with zero attached hydrogens (tertiary/aromatic N) is 1. The molecule has 2 nitrogen and oxygen atoms in total. The van der Waals surface area contributed by atoms with E-state index < -0.39 is 0 Å². The average Bonchev–Trinajstić information content (AvgIpc) is 2.30. The molecule has 0 unspecified atom stereocenters. The molecule has 1 aliphatic heterocycles. The highest BCUT2D eigenvalue weighted by Crippen LogP contribution is 2.43. The van der Waals surface area contributed by atoms with Crippen molar-refractivity contribution in [3.63, 3.8) is 0 Å². The summed E-state index contributed by atoms with van der Waals surface area (Å²) in [5, 5.41) is 9.15. The third-order valence-corrected chi connectivity index (χ3v) is 4.56. The lowest BCUT2D eigenvalue weighted by Crippen LogP contribution is -2.58. The maximum atomic E-state index is 9.15. The van der Waals surface area contributed by atoms with E-state index in [0.717, 1.165) is 13.1 Å². The smallest absolute Gasteiger partial charge is 0.0794 e. The Balaban J connectivity index is 1.93. The molecule has 2 fully saturated rings. The van der Waals surface area contributed by atoms with Crippen molar-refractivity contribution in [3.05, 3.63) is 0 Å². The van der Waals surface area contributed by atoms with Crippen LogP contribution in [0.25, 0.3) is 0 Å². The van der Waals surface area contributed by atoms with Crippen LogP contribution in [0.2, 0.25) is 0 Å². The molecule has 1 saturated heterocycles. The fourth-order valence-electron chi connectivity index (χ4n) is 2.02. The van der Waals surface area contributed by atoms with Gasteiger partial charge in [-0.25, -0.2) is 0 Å². The van der Waals surface area contributed by atoms with Crippen LogP contribution in [0.5, 0.6) is 0 Å². The van der Waals surface area contributed by atoms with Crippen LogP contribution < -0.4 is 0 Å². The molecule has 1 saturated carbocycles. The van der Waals surface area contributed by atoms with E-state index in [2.05, 4.69) is 27.5 Å². The molecule has 0 spiro atoms. The summed E-state index contributed by atoms with van der Waals surface area (Å²) in [7, 11) is 0. The summed E-state index contributed by atoms with van der Waals surface area (Å²) >= 11 is 2.57. The molecule has 2 rings (SSSR count). The Labute approximate surface area is 81.1 Å². The van der Waals surface area contributed by atoms with Crippen molar-refractivity contribution in [2.75, 3.05) is 13.1 Å². The molecule has 0 atom stereocenters. The molecule has 0 bridgehead atoms. The Hall–Kier alpha value is 0.650. The molecular formula is C8H14INO. The second-order valence-corrected chi connectivity index (χ2v) is 5.69. The van der Waals surface area contributed by atoms with Gasteiger partial charge in [0.15, 0.2) is 0 Å². The number of hydrogen-bond acceptors (Lipinski definition) is 2. The summed E-state index contributed by atoms with van der Waals surface area (Å²) < 4.78 is 0.414. The molecule has 0 aromatic carbocycles. The van der Waals surface area contributed by atoms with Gasteiger partial charge in [0.05, 0.1) is 9.65 Å². The Morgan fingerprint density at radius 3 is 2.27 bits per heavy atom. The van der Waals surface area contributed by atoms with Gasteiger partial charge in [-0.05, 0) is 12.8 Å². The molecule has 1 heterocycles. The van der Waals surface area contributed by atoms with Crippen molar-refractivity contribution < 1.29 is 5.11 Å². The predicted octanol–water partition coefficient (Wildman–Crippen LogP) is 1.37. The van der Waals surface area contributed by atoms with E-state index in [0.29, 0.717) is 3.55 Å². The molecule has 2 aliphatic rings. The predicted molar refractivity (Wildman–Crippen MR) is 52.8 cm³/mol. The summed E-state index contributed by atoms with van der Waals surface area (Å²) in [4.78, 5) is 2.42. The van der Waals surface area contributed by atoms with Crippen LogP contribution in [0.1, 0.15) is 25.7 Å². The monoisotopic (exact) mass is 267 g/mol. The molecule has 0 radical (unpaired) electrons. The van der Waals surface area contributed by atoms with E-state index in [1.807, 2.05) is 0 Å². The van der Waals surface area contributed by atoms with Gasteiger partial charge in [-0.3, -0.25) is 4.90 Å². The van der Waals surface area contributed by atoms with E-state index in [-0.39, 0.29) is 6.10 Å². The Morgan fingerprint density at radius 1 is 1.27 bits per heavy atom. The van der Waals surface area contributed by atoms with Gasteiger partial charge < -0.3 is 5.11 Å². The zero-order valence-corrected chi connectivity index (χ0v) is 8.75. The van der Waals surface area contributed by atoms with Gasteiger partial charge >= 0.3 is 0 Å². The zero-order valence-electron chi connectivity index (χ0n) is 6.59. The second kappa shape index (κ2) is 2.85. The van der Waals surface area contributed by atoms with E-state index in [4.69, 9.17) is 5.11 Å². The number of aliphatic hydroxyl groups is 1. The minimum Gasteiger partial charge on any atom is -0.390 e. The summed E-state index contributed by atoms with van der Waals surface area (Å²) in [6, 6.07) is 0. The number of halogens is 1. The highest BCUT2D eigenvalue weighted by molar-refractivity contribution is 14.1. The summed E-state index contributed by atoms with van der Waals surface area (Å²) in [6.45, 7) is 1.81. The molecule has 1 N–H and O–H groups in total. The molecule has 3 heteroatoms. The largest absolute Gasteiger partial charge is 0.390 e. The first-order valence-corrected chi connectivity index (χ1v) is 5.41. The number of likely N-dealkylation sites (tertiary alicyclic amines) is 1. The molecule has 0 amide bonds. The van der Waals surface area contributed by atoms with Crippen LogP contribution >= 0.6 is 22.6 Å². The normalized spacial score (nSPS) is 32.2. The maximum absolute atomic E-state index is 9.15. The Bertz CT molecular complexity index is 150. The van der Waals surface area contributed by atoms with Crippen LogP contribution in [0.3, 0.4) is 0 Å². The number of alkyl halides is 1. The average molecular weight is 267 g/mol. The van der Waals surface area contributed by atoms with E-state index in [1.54, 1.807) is 0 Å². The number of aliphatic hydroxyl groups excluding tert-OH is 1. The standard InChI is InChI=1S/C8H14INO/c9-8(3-1-2-4-8)10-5-7(11)6-10/h7,11H,1-6H2. The molecule has 0 aromatic rings. The summed E-state index contributed by atoms with van der Waals surface area (Å²) in [5.41, 5.74) is 0. The van der Waals surface area contributed by atoms with Gasteiger partial charge in [0.2, 0.25) is 0 Å². The van der Waals surface area contributed by atoms with Crippen molar-refractivity contribution in [3.8, 4) is 0 Å². The fraction of sp³-hybridized carbons (Fsp3) is 1.00. The fourth-order valence-corrected chi connectivity index (χ4v) is 3.17. The third-order valence-electron chi connectivity index (χ3n) is 2.80. The van der Waals surface area contributed by atoms with Crippen molar-refractivity contribution in [1.82, 2.24) is 4.90 Å². The van der Waals surface area contributed by atoms with Crippen LogP contribution in [-0.2, 0) is 0 Å². The lowest BCUT2D eigenvalue weighted by atomic mass is 10.1. The topological polar surface area (TPSA) is 23.5 Å². The van der Waals surface area contributed by atoms with Crippen molar-refractivity contribution in [1.29, 1.82) is 0 Å². The SMILES string of the molecule is OC1CN(C2(I)CCCC2)C1. The second-order valence-electron chi connectivity index (χ2n) is 3.68. The number of rotatable bonds is 1. The molecule has 1 aliphatic carbocycles. The third kappa shape index (κ3) is 1.42. The van der Waals surface area contributed by atoms with Crippen LogP contribution in [0.15, 0.2) is 0 Å². The number of β-amino-alcohol motifs (C(OH)–C–C–N with tert-alkyl or cyclic N) is 1. The Morgan fingerprint density at radius 2 is 1.82 bits per heavy atom. The van der Waals surface area contributed by atoms with Gasteiger partial charge in [0.1, 0.15) is 0 Å². The van der Waals surface area contributed by atoms with Gasteiger partial charge in [-0.15, -0.1) is 0 Å². The maximum Gasteiger partial charge on any atom is 0.0794 e. The zero-order chi connectivity index (χ0) is 7.90. The van der Waals surface area contributed by atoms with Gasteiger partial charge in [0, 0.05) is 13.1 Å². The van der Waals surface area contributed by atoms with E-state index in [9.17, 15) is 0 Å².